The molecule has 4 heteroatoms. The molecule has 3 rings (SSSR count). The first kappa shape index (κ1) is 15.3. The van der Waals surface area contributed by atoms with Gasteiger partial charge in [0.1, 0.15) is 5.75 Å². The van der Waals surface area contributed by atoms with Gasteiger partial charge in [-0.25, -0.2) is 0 Å². The predicted molar refractivity (Wildman–Crippen MR) is 87.1 cm³/mol. The summed E-state index contributed by atoms with van der Waals surface area (Å²) >= 11 is 0. The van der Waals surface area contributed by atoms with Gasteiger partial charge in [0.2, 0.25) is 0 Å². The third-order valence-electron chi connectivity index (χ3n) is 5.12. The number of nitrogens with one attached hydrogen (secondary N) is 1. The maximum atomic E-state index is 12.5. The summed E-state index contributed by atoms with van der Waals surface area (Å²) in [5.74, 6) is 2.47. The number of aryl methyl sites for hydroxylation is 2. The Bertz CT molecular complexity index is 510. The van der Waals surface area contributed by atoms with E-state index in [1.54, 1.807) is 0 Å². The van der Waals surface area contributed by atoms with E-state index < -0.39 is 0 Å². The molecule has 4 nitrogen and oxygen atoms in total. The normalized spacial score (nSPS) is 24.7. The van der Waals surface area contributed by atoms with Gasteiger partial charge in [-0.1, -0.05) is 18.2 Å². The van der Waals surface area contributed by atoms with Crippen molar-refractivity contribution in [3.05, 3.63) is 29.3 Å². The molecule has 1 amide bonds. The van der Waals surface area contributed by atoms with Crippen LogP contribution in [0.5, 0.6) is 5.75 Å². The molecule has 2 aliphatic heterocycles. The lowest BCUT2D eigenvalue weighted by atomic mass is 9.92. The smallest absolute Gasteiger partial charge is 0.260 e. The number of benzene rings is 1. The number of para-hydroxylation sites is 1. The molecule has 0 aliphatic carbocycles. The van der Waals surface area contributed by atoms with Crippen LogP contribution in [0.15, 0.2) is 18.2 Å². The molecule has 2 aliphatic rings. The van der Waals surface area contributed by atoms with Crippen LogP contribution in [0.2, 0.25) is 0 Å². The summed E-state index contributed by atoms with van der Waals surface area (Å²) in [5.41, 5.74) is 2.17. The van der Waals surface area contributed by atoms with Crippen LogP contribution in [0.1, 0.15) is 24.0 Å². The third kappa shape index (κ3) is 3.27. The lowest BCUT2D eigenvalue weighted by molar-refractivity contribution is -0.133. The van der Waals surface area contributed by atoms with E-state index in [9.17, 15) is 4.79 Å². The summed E-state index contributed by atoms with van der Waals surface area (Å²) in [6, 6.07) is 6.06. The highest BCUT2D eigenvalue weighted by Gasteiger charge is 2.31. The molecule has 0 spiro atoms. The first-order valence-corrected chi connectivity index (χ1v) is 8.32. The van der Waals surface area contributed by atoms with Crippen molar-refractivity contribution in [2.45, 2.75) is 26.7 Å². The van der Waals surface area contributed by atoms with Crippen LogP contribution < -0.4 is 10.1 Å². The van der Waals surface area contributed by atoms with Gasteiger partial charge >= 0.3 is 0 Å². The molecule has 120 valence electrons. The van der Waals surface area contributed by atoms with Crippen molar-refractivity contribution >= 4 is 5.91 Å². The van der Waals surface area contributed by atoms with Crippen molar-refractivity contribution in [3.8, 4) is 5.75 Å². The number of ether oxygens (including phenoxy) is 1. The Hall–Kier alpha value is -1.55. The number of nitrogens with zero attached hydrogens (tertiary/aromatic N) is 1. The zero-order valence-corrected chi connectivity index (χ0v) is 13.6. The van der Waals surface area contributed by atoms with Crippen molar-refractivity contribution in [1.82, 2.24) is 10.2 Å². The molecule has 0 aromatic heterocycles. The molecule has 1 aromatic carbocycles. The molecular weight excluding hydrogens is 276 g/mol. The first-order chi connectivity index (χ1) is 10.6. The predicted octanol–water partition coefficient (Wildman–Crippen LogP) is 2.14. The van der Waals surface area contributed by atoms with Gasteiger partial charge in [0.15, 0.2) is 6.61 Å². The molecule has 1 N–H and O–H groups in total. The van der Waals surface area contributed by atoms with Gasteiger partial charge in [-0.05, 0) is 62.7 Å². The second-order valence-corrected chi connectivity index (χ2v) is 6.65. The number of hydrogen-bond acceptors (Lipinski definition) is 3. The molecule has 2 fully saturated rings. The van der Waals surface area contributed by atoms with Crippen molar-refractivity contribution in [1.29, 1.82) is 0 Å². The molecule has 1 aromatic rings. The third-order valence-corrected chi connectivity index (χ3v) is 5.12. The zero-order chi connectivity index (χ0) is 15.5. The number of carbonyl (C=O) groups is 1. The number of likely N-dealkylation sites (tertiary alicyclic amines) is 1. The summed E-state index contributed by atoms with van der Waals surface area (Å²) in [7, 11) is 0. The van der Waals surface area contributed by atoms with E-state index in [1.165, 1.54) is 0 Å². The fourth-order valence-corrected chi connectivity index (χ4v) is 3.72. The van der Waals surface area contributed by atoms with Crippen LogP contribution in [0.25, 0.3) is 0 Å². The Kier molecular flexibility index (Phi) is 4.67. The van der Waals surface area contributed by atoms with Crippen LogP contribution in [0.4, 0.5) is 0 Å². The SMILES string of the molecule is Cc1cccc(C)c1OCC(=O)N1CC[C@@H]2CNC[C@@H]2CC1. The van der Waals surface area contributed by atoms with Crippen molar-refractivity contribution < 1.29 is 9.53 Å². The van der Waals surface area contributed by atoms with E-state index in [-0.39, 0.29) is 12.5 Å². The Labute approximate surface area is 132 Å². The van der Waals surface area contributed by atoms with Crippen molar-refractivity contribution in [3.63, 3.8) is 0 Å². The van der Waals surface area contributed by atoms with Crippen LogP contribution in [0, 0.1) is 25.7 Å². The van der Waals surface area contributed by atoms with E-state index in [0.29, 0.717) is 0 Å². The molecule has 2 heterocycles. The van der Waals surface area contributed by atoms with Gasteiger partial charge in [0, 0.05) is 13.1 Å². The molecular formula is C18H26N2O2. The number of amides is 1. The monoisotopic (exact) mass is 302 g/mol. The second-order valence-electron chi connectivity index (χ2n) is 6.65. The quantitative estimate of drug-likeness (QED) is 0.930. The molecule has 2 saturated heterocycles. The standard InChI is InChI=1S/C18H26N2O2/c1-13-4-3-5-14(2)18(13)22-12-17(21)20-8-6-15-10-19-11-16(15)7-9-20/h3-5,15-16,19H,6-12H2,1-2H3/t15-,16+. The molecule has 2 atom stereocenters. The van der Waals surface area contributed by atoms with Gasteiger partial charge in [0.05, 0.1) is 0 Å². The Balaban J connectivity index is 1.56. The Morgan fingerprint density at radius 1 is 1.18 bits per heavy atom. The van der Waals surface area contributed by atoms with Crippen molar-refractivity contribution in [2.75, 3.05) is 32.8 Å². The fraction of sp³-hybridized carbons (Fsp3) is 0.611. The van der Waals surface area contributed by atoms with Crippen LogP contribution in [-0.4, -0.2) is 43.6 Å². The summed E-state index contributed by atoms with van der Waals surface area (Å²) in [6.45, 7) is 8.17. The summed E-state index contributed by atoms with van der Waals surface area (Å²) in [4.78, 5) is 14.4. The van der Waals surface area contributed by atoms with Crippen LogP contribution in [0.3, 0.4) is 0 Å². The lowest BCUT2D eigenvalue weighted by Crippen LogP contribution is -2.36. The minimum absolute atomic E-state index is 0.121. The zero-order valence-electron chi connectivity index (χ0n) is 13.6. The first-order valence-electron chi connectivity index (χ1n) is 8.32. The van der Waals surface area contributed by atoms with Crippen molar-refractivity contribution in [2.24, 2.45) is 11.8 Å². The van der Waals surface area contributed by atoms with Gasteiger partial charge in [0.25, 0.3) is 5.91 Å². The maximum absolute atomic E-state index is 12.5. The minimum atomic E-state index is 0.121. The lowest BCUT2D eigenvalue weighted by Gasteiger charge is -2.21. The number of rotatable bonds is 3. The Morgan fingerprint density at radius 3 is 2.36 bits per heavy atom. The van der Waals surface area contributed by atoms with Gasteiger partial charge < -0.3 is 15.0 Å². The molecule has 0 radical (unpaired) electrons. The molecule has 22 heavy (non-hydrogen) atoms. The highest BCUT2D eigenvalue weighted by Crippen LogP contribution is 2.27. The second kappa shape index (κ2) is 6.69. The topological polar surface area (TPSA) is 41.6 Å². The highest BCUT2D eigenvalue weighted by molar-refractivity contribution is 5.77. The van der Waals surface area contributed by atoms with E-state index in [1.807, 2.05) is 36.9 Å². The Morgan fingerprint density at radius 2 is 1.77 bits per heavy atom. The fourth-order valence-electron chi connectivity index (χ4n) is 3.72. The maximum Gasteiger partial charge on any atom is 0.260 e. The summed E-state index contributed by atoms with van der Waals surface area (Å²) in [6.07, 6.45) is 2.24. The number of fused-ring (bicyclic) bond motifs is 1. The van der Waals surface area contributed by atoms with Crippen LogP contribution in [-0.2, 0) is 4.79 Å². The molecule has 0 bridgehead atoms. The van der Waals surface area contributed by atoms with Gasteiger partial charge in [-0.2, -0.15) is 0 Å². The van der Waals surface area contributed by atoms with E-state index in [0.717, 1.165) is 67.7 Å². The van der Waals surface area contributed by atoms with Gasteiger partial charge in [-0.3, -0.25) is 4.79 Å². The average Bonchev–Trinajstić information content (AvgIpc) is 2.85. The average molecular weight is 302 g/mol. The van der Waals surface area contributed by atoms with Crippen LogP contribution >= 0.6 is 0 Å². The minimum Gasteiger partial charge on any atom is -0.483 e. The number of carbonyl (C=O) groups excluding carboxylic acids is 1. The molecule has 0 unspecified atom stereocenters. The molecule has 0 saturated carbocycles. The van der Waals surface area contributed by atoms with E-state index >= 15 is 0 Å². The van der Waals surface area contributed by atoms with E-state index in [2.05, 4.69) is 5.32 Å². The highest BCUT2D eigenvalue weighted by atomic mass is 16.5. The largest absolute Gasteiger partial charge is 0.483 e. The van der Waals surface area contributed by atoms with E-state index in [4.69, 9.17) is 4.74 Å². The summed E-state index contributed by atoms with van der Waals surface area (Å²) in [5, 5.41) is 3.47. The summed E-state index contributed by atoms with van der Waals surface area (Å²) < 4.78 is 5.81. The number of hydrogen-bond donors (Lipinski definition) is 1. The van der Waals surface area contributed by atoms with Gasteiger partial charge in [-0.15, -0.1) is 0 Å².